The molecule has 1 aliphatic rings. The maximum absolute atomic E-state index is 8.45. The second-order valence-electron chi connectivity index (χ2n) is 3.94. The fraction of sp³-hybridized carbons (Fsp3) is 0.667. The first-order valence-corrected chi connectivity index (χ1v) is 5.37. The van der Waals surface area contributed by atoms with Gasteiger partial charge in [-0.25, -0.2) is 4.68 Å². The van der Waals surface area contributed by atoms with Gasteiger partial charge in [-0.1, -0.05) is 10.4 Å². The average molecular weight is 224 g/mol. The minimum Gasteiger partial charge on any atom is -0.409 e. The maximum Gasteiger partial charge on any atom is 0.145 e. The number of oxime groups is 1. The fourth-order valence-corrected chi connectivity index (χ4v) is 1.86. The summed E-state index contributed by atoms with van der Waals surface area (Å²) in [4.78, 5) is 0. The van der Waals surface area contributed by atoms with E-state index in [0.29, 0.717) is 12.5 Å². The summed E-state index contributed by atoms with van der Waals surface area (Å²) < 4.78 is 1.88. The van der Waals surface area contributed by atoms with Crippen molar-refractivity contribution in [1.29, 1.82) is 0 Å². The van der Waals surface area contributed by atoms with E-state index in [1.807, 2.05) is 10.9 Å². The second-order valence-corrected chi connectivity index (χ2v) is 3.94. The highest BCUT2D eigenvalue weighted by Gasteiger charge is 2.16. The Morgan fingerprint density at radius 1 is 1.62 bits per heavy atom. The molecule has 0 spiro atoms. The number of nitrogens with one attached hydrogen (secondary N) is 1. The molecule has 1 aromatic heterocycles. The van der Waals surface area contributed by atoms with Crippen molar-refractivity contribution in [2.75, 3.05) is 13.1 Å². The molecule has 2 rings (SSSR count). The third kappa shape index (κ3) is 2.48. The Morgan fingerprint density at radius 2 is 2.38 bits per heavy atom. The molecule has 4 N–H and O–H groups in total. The molecule has 0 aromatic carbocycles. The Labute approximate surface area is 93.3 Å². The highest BCUT2D eigenvalue weighted by molar-refractivity contribution is 5.81. The van der Waals surface area contributed by atoms with E-state index in [2.05, 4.69) is 20.8 Å². The summed E-state index contributed by atoms with van der Waals surface area (Å²) in [6, 6.07) is 0.412. The van der Waals surface area contributed by atoms with Crippen molar-refractivity contribution in [2.45, 2.75) is 25.3 Å². The SMILES string of the molecule is N/C(Cc1cn(C2CCNCC2)nn1)=N/O. The third-order valence-electron chi connectivity index (χ3n) is 2.73. The Hall–Kier alpha value is -1.63. The summed E-state index contributed by atoms with van der Waals surface area (Å²) >= 11 is 0. The van der Waals surface area contributed by atoms with E-state index in [-0.39, 0.29) is 5.84 Å². The van der Waals surface area contributed by atoms with E-state index < -0.39 is 0 Å². The smallest absolute Gasteiger partial charge is 0.145 e. The predicted octanol–water partition coefficient (Wildman–Crippen LogP) is -0.508. The molecule has 0 unspecified atom stereocenters. The van der Waals surface area contributed by atoms with Crippen molar-refractivity contribution >= 4 is 5.84 Å². The lowest BCUT2D eigenvalue weighted by atomic mass is 10.1. The number of amidine groups is 1. The molecule has 1 fully saturated rings. The van der Waals surface area contributed by atoms with Crippen LogP contribution in [-0.2, 0) is 6.42 Å². The number of nitrogens with two attached hydrogens (primary N) is 1. The minimum atomic E-state index is 0.150. The molecule has 1 saturated heterocycles. The monoisotopic (exact) mass is 224 g/mol. The number of hydrogen-bond acceptors (Lipinski definition) is 5. The van der Waals surface area contributed by atoms with Crippen molar-refractivity contribution in [2.24, 2.45) is 10.9 Å². The molecule has 0 saturated carbocycles. The quantitative estimate of drug-likeness (QED) is 0.278. The molecule has 1 aromatic rings. The first-order chi connectivity index (χ1) is 7.79. The summed E-state index contributed by atoms with van der Waals surface area (Å²) in [5.41, 5.74) is 6.14. The fourth-order valence-electron chi connectivity index (χ4n) is 1.86. The van der Waals surface area contributed by atoms with Crippen LogP contribution in [-0.4, -0.2) is 39.1 Å². The largest absolute Gasteiger partial charge is 0.409 e. The van der Waals surface area contributed by atoms with E-state index in [4.69, 9.17) is 10.9 Å². The summed E-state index contributed by atoms with van der Waals surface area (Å²) in [7, 11) is 0. The Kier molecular flexibility index (Phi) is 3.35. The van der Waals surface area contributed by atoms with Gasteiger partial charge in [-0.3, -0.25) is 0 Å². The molecule has 0 aliphatic carbocycles. The van der Waals surface area contributed by atoms with Crippen LogP contribution < -0.4 is 11.1 Å². The molecule has 88 valence electrons. The van der Waals surface area contributed by atoms with E-state index in [1.165, 1.54) is 0 Å². The van der Waals surface area contributed by atoms with Gasteiger partial charge in [0.2, 0.25) is 0 Å². The van der Waals surface area contributed by atoms with Crippen LogP contribution >= 0.6 is 0 Å². The van der Waals surface area contributed by atoms with Gasteiger partial charge in [-0.05, 0) is 25.9 Å². The van der Waals surface area contributed by atoms with Gasteiger partial charge in [0.05, 0.1) is 18.2 Å². The topological polar surface area (TPSA) is 101 Å². The number of hydrogen-bond donors (Lipinski definition) is 3. The summed E-state index contributed by atoms with van der Waals surface area (Å²) in [5.74, 6) is 0.150. The van der Waals surface area contributed by atoms with Gasteiger partial charge in [-0.15, -0.1) is 5.10 Å². The lowest BCUT2D eigenvalue weighted by molar-refractivity contribution is 0.317. The number of aromatic nitrogens is 3. The van der Waals surface area contributed by atoms with E-state index in [0.717, 1.165) is 31.6 Å². The average Bonchev–Trinajstić information content (AvgIpc) is 2.78. The Bertz CT molecular complexity index is 368. The molecular formula is C9H16N6O. The minimum absolute atomic E-state index is 0.150. The van der Waals surface area contributed by atoms with Gasteiger partial charge < -0.3 is 16.3 Å². The van der Waals surface area contributed by atoms with Crippen LogP contribution in [0.25, 0.3) is 0 Å². The van der Waals surface area contributed by atoms with Gasteiger partial charge in [0.15, 0.2) is 0 Å². The van der Waals surface area contributed by atoms with Crippen LogP contribution in [0.1, 0.15) is 24.6 Å². The molecule has 16 heavy (non-hydrogen) atoms. The highest BCUT2D eigenvalue weighted by atomic mass is 16.4. The zero-order valence-corrected chi connectivity index (χ0v) is 9.00. The maximum atomic E-state index is 8.45. The summed E-state index contributed by atoms with van der Waals surface area (Å²) in [6.07, 6.45) is 4.33. The van der Waals surface area contributed by atoms with Crippen molar-refractivity contribution < 1.29 is 5.21 Å². The Balaban J connectivity index is 2.01. The van der Waals surface area contributed by atoms with E-state index in [9.17, 15) is 0 Å². The molecule has 0 radical (unpaired) electrons. The number of rotatable bonds is 3. The van der Waals surface area contributed by atoms with Crippen molar-refractivity contribution in [3.05, 3.63) is 11.9 Å². The molecular weight excluding hydrogens is 208 g/mol. The van der Waals surface area contributed by atoms with Gasteiger partial charge in [-0.2, -0.15) is 0 Å². The lowest BCUT2D eigenvalue weighted by Crippen LogP contribution is -2.29. The standard InChI is InChI=1S/C9H16N6O/c10-9(13-16)5-7-6-15(14-12-7)8-1-3-11-4-2-8/h6,8,11,16H,1-5H2,(H2,10,13). The van der Waals surface area contributed by atoms with E-state index in [1.54, 1.807) is 0 Å². The predicted molar refractivity (Wildman–Crippen MR) is 58.3 cm³/mol. The van der Waals surface area contributed by atoms with Crippen LogP contribution in [0.5, 0.6) is 0 Å². The summed E-state index contributed by atoms with van der Waals surface area (Å²) in [5, 5.41) is 22.7. The molecule has 7 nitrogen and oxygen atoms in total. The zero-order chi connectivity index (χ0) is 11.4. The highest BCUT2D eigenvalue weighted by Crippen LogP contribution is 2.16. The summed E-state index contributed by atoms with van der Waals surface area (Å²) in [6.45, 7) is 2.03. The van der Waals surface area contributed by atoms with Gasteiger partial charge in [0, 0.05) is 6.20 Å². The molecule has 0 amide bonds. The van der Waals surface area contributed by atoms with E-state index >= 15 is 0 Å². The molecule has 2 heterocycles. The molecule has 0 bridgehead atoms. The van der Waals surface area contributed by atoms with Crippen LogP contribution in [0.2, 0.25) is 0 Å². The van der Waals surface area contributed by atoms with Crippen LogP contribution in [0.3, 0.4) is 0 Å². The van der Waals surface area contributed by atoms with Crippen molar-refractivity contribution in [1.82, 2.24) is 20.3 Å². The second kappa shape index (κ2) is 4.93. The van der Waals surface area contributed by atoms with Crippen LogP contribution in [0, 0.1) is 0 Å². The van der Waals surface area contributed by atoms with Gasteiger partial charge >= 0.3 is 0 Å². The van der Waals surface area contributed by atoms with Crippen molar-refractivity contribution in [3.63, 3.8) is 0 Å². The lowest BCUT2D eigenvalue weighted by Gasteiger charge is -2.22. The van der Waals surface area contributed by atoms with Crippen LogP contribution in [0.4, 0.5) is 0 Å². The van der Waals surface area contributed by atoms with Gasteiger partial charge in [0.1, 0.15) is 5.84 Å². The normalized spacial score (nSPS) is 18.9. The van der Waals surface area contributed by atoms with Crippen LogP contribution in [0.15, 0.2) is 11.4 Å². The van der Waals surface area contributed by atoms with Gasteiger partial charge in [0.25, 0.3) is 0 Å². The van der Waals surface area contributed by atoms with Crippen molar-refractivity contribution in [3.8, 4) is 0 Å². The molecule has 0 atom stereocenters. The Morgan fingerprint density at radius 3 is 3.06 bits per heavy atom. The number of nitrogens with zero attached hydrogens (tertiary/aromatic N) is 4. The first kappa shape index (κ1) is 10.9. The molecule has 1 aliphatic heterocycles. The first-order valence-electron chi connectivity index (χ1n) is 5.37. The zero-order valence-electron chi connectivity index (χ0n) is 9.00. The third-order valence-corrected chi connectivity index (χ3v) is 2.73. The molecule has 7 heteroatoms. The number of piperidine rings is 1.